The van der Waals surface area contributed by atoms with E-state index in [4.69, 9.17) is 22.2 Å². The minimum absolute atomic E-state index is 0.0133. The van der Waals surface area contributed by atoms with Gasteiger partial charge >= 0.3 is 0 Å². The molecule has 3 nitrogen and oxygen atoms in total. The van der Waals surface area contributed by atoms with Crippen molar-refractivity contribution in [3.63, 3.8) is 0 Å². The Bertz CT molecular complexity index is 268. The van der Waals surface area contributed by atoms with Gasteiger partial charge < -0.3 is 5.21 Å². The van der Waals surface area contributed by atoms with Crippen molar-refractivity contribution in [3.8, 4) is 0 Å². The van der Waals surface area contributed by atoms with Crippen LogP contribution in [0.15, 0.2) is 18.3 Å². The fourth-order valence-electron chi connectivity index (χ4n) is 0.464. The molecule has 0 bridgehead atoms. The van der Waals surface area contributed by atoms with Gasteiger partial charge in [0.1, 0.15) is 0 Å². The Morgan fingerprint density at radius 1 is 1.56 bits per heavy atom. The highest BCUT2D eigenvalue weighted by Crippen LogP contribution is 2.00. The quantitative estimate of drug-likeness (QED) is 0.522. The molecule has 0 aliphatic heterocycles. The molecule has 1 rings (SSSR count). The molecule has 1 aromatic heterocycles. The Labute approximate surface area is 56.6 Å². The van der Waals surface area contributed by atoms with Crippen LogP contribution in [0.25, 0.3) is 0 Å². The number of pyridine rings is 1. The van der Waals surface area contributed by atoms with E-state index in [9.17, 15) is 0 Å². The molecule has 1 heterocycles. The smallest absolute Gasteiger partial charge is 0.160 e. The molecule has 0 saturated carbocycles. The first-order valence-corrected chi connectivity index (χ1v) is 2.70. The van der Waals surface area contributed by atoms with E-state index >= 15 is 0 Å². The lowest BCUT2D eigenvalue weighted by Gasteiger charge is -1.94. The number of nitrogens with one attached hydrogen (secondary N) is 1. The van der Waals surface area contributed by atoms with Gasteiger partial charge in [0.25, 0.3) is 0 Å². The van der Waals surface area contributed by atoms with Crippen LogP contribution in [0, 0.1) is 5.41 Å². The molecule has 2 N–H and O–H groups in total. The molecule has 0 radical (unpaired) electrons. The average Bonchev–Trinajstić information content (AvgIpc) is 1.80. The highest BCUT2D eigenvalue weighted by Gasteiger charge is 1.87. The highest BCUT2D eigenvalue weighted by atomic mass is 35.5. The normalized spacial score (nSPS) is 9.44. The summed E-state index contributed by atoms with van der Waals surface area (Å²) >= 11 is 5.45. The van der Waals surface area contributed by atoms with Crippen LogP contribution in [-0.4, -0.2) is 9.94 Å². The molecule has 0 unspecified atom stereocenters. The summed E-state index contributed by atoms with van der Waals surface area (Å²) in [5.74, 6) is 0. The van der Waals surface area contributed by atoms with Crippen molar-refractivity contribution >= 4 is 11.6 Å². The van der Waals surface area contributed by atoms with Crippen molar-refractivity contribution in [2.24, 2.45) is 0 Å². The van der Waals surface area contributed by atoms with Crippen LogP contribution in [0.3, 0.4) is 0 Å². The van der Waals surface area contributed by atoms with Crippen molar-refractivity contribution in [2.45, 2.75) is 0 Å². The SMILES string of the molecule is N=c1ccc(Cl)cn1O. The first kappa shape index (κ1) is 6.16. The topological polar surface area (TPSA) is 49.0 Å². The molecule has 1 aromatic rings. The van der Waals surface area contributed by atoms with E-state index in [1.807, 2.05) is 0 Å². The Morgan fingerprint density at radius 3 is 2.67 bits per heavy atom. The zero-order valence-electron chi connectivity index (χ0n) is 4.50. The lowest BCUT2D eigenvalue weighted by molar-refractivity contribution is 0.170. The third-order valence-corrected chi connectivity index (χ3v) is 1.12. The van der Waals surface area contributed by atoms with Crippen LogP contribution in [0.4, 0.5) is 0 Å². The number of halogens is 1. The maximum atomic E-state index is 8.74. The maximum absolute atomic E-state index is 8.74. The summed E-state index contributed by atoms with van der Waals surface area (Å²) in [7, 11) is 0. The van der Waals surface area contributed by atoms with Crippen molar-refractivity contribution in [2.75, 3.05) is 0 Å². The molecule has 0 aliphatic carbocycles. The monoisotopic (exact) mass is 144 g/mol. The number of aromatic nitrogens is 1. The molecular weight excluding hydrogens is 140 g/mol. The van der Waals surface area contributed by atoms with Gasteiger partial charge in [0, 0.05) is 0 Å². The number of hydrogen-bond acceptors (Lipinski definition) is 2. The van der Waals surface area contributed by atoms with Gasteiger partial charge in [-0.05, 0) is 12.1 Å². The predicted octanol–water partition coefficient (Wildman–Crippen LogP) is 0.858. The summed E-state index contributed by atoms with van der Waals surface area (Å²) in [5, 5.41) is 16.1. The second-order valence-corrected chi connectivity index (χ2v) is 2.01. The van der Waals surface area contributed by atoms with Crippen LogP contribution in [0.2, 0.25) is 5.02 Å². The van der Waals surface area contributed by atoms with E-state index in [1.165, 1.54) is 18.3 Å². The van der Waals surface area contributed by atoms with Gasteiger partial charge in [-0.2, -0.15) is 4.73 Å². The number of rotatable bonds is 0. The number of hydrogen-bond donors (Lipinski definition) is 2. The van der Waals surface area contributed by atoms with Crippen LogP contribution in [0.5, 0.6) is 0 Å². The van der Waals surface area contributed by atoms with Gasteiger partial charge in [-0.15, -0.1) is 0 Å². The molecule has 4 heteroatoms. The fraction of sp³-hybridized carbons (Fsp3) is 0. The first-order valence-electron chi connectivity index (χ1n) is 2.32. The minimum Gasteiger partial charge on any atom is -0.427 e. The molecule has 0 fully saturated rings. The maximum Gasteiger partial charge on any atom is 0.160 e. The summed E-state index contributed by atoms with van der Waals surface area (Å²) in [6.07, 6.45) is 1.25. The summed E-state index contributed by atoms with van der Waals surface area (Å²) < 4.78 is 0.655. The van der Waals surface area contributed by atoms with Crippen molar-refractivity contribution in [3.05, 3.63) is 28.8 Å². The Kier molecular flexibility index (Phi) is 1.44. The van der Waals surface area contributed by atoms with Gasteiger partial charge in [-0.1, -0.05) is 11.6 Å². The second-order valence-electron chi connectivity index (χ2n) is 1.58. The average molecular weight is 145 g/mol. The molecular formula is C5H5ClN2O. The van der Waals surface area contributed by atoms with Gasteiger partial charge in [-0.3, -0.25) is 5.41 Å². The Hall–Kier alpha value is -0.960. The van der Waals surface area contributed by atoms with Gasteiger partial charge in [0.15, 0.2) is 5.49 Å². The molecule has 0 spiro atoms. The Balaban J connectivity index is 3.34. The van der Waals surface area contributed by atoms with Crippen LogP contribution in [-0.2, 0) is 0 Å². The van der Waals surface area contributed by atoms with E-state index in [1.54, 1.807) is 0 Å². The van der Waals surface area contributed by atoms with Crippen LogP contribution >= 0.6 is 11.6 Å². The summed E-state index contributed by atoms with van der Waals surface area (Å²) in [5.41, 5.74) is 0.0133. The molecule has 0 saturated heterocycles. The lowest BCUT2D eigenvalue weighted by Crippen LogP contribution is -2.14. The van der Waals surface area contributed by atoms with Crippen molar-refractivity contribution in [1.29, 1.82) is 5.41 Å². The lowest BCUT2D eigenvalue weighted by atomic mass is 10.5. The van der Waals surface area contributed by atoms with E-state index in [0.717, 1.165) is 0 Å². The van der Waals surface area contributed by atoms with Crippen molar-refractivity contribution < 1.29 is 5.21 Å². The Morgan fingerprint density at radius 2 is 2.22 bits per heavy atom. The van der Waals surface area contributed by atoms with Crippen molar-refractivity contribution in [1.82, 2.24) is 4.73 Å². The highest BCUT2D eigenvalue weighted by molar-refractivity contribution is 6.30. The van der Waals surface area contributed by atoms with Crippen LogP contribution in [0.1, 0.15) is 0 Å². The van der Waals surface area contributed by atoms with E-state index in [0.29, 0.717) is 9.75 Å². The first-order chi connectivity index (χ1) is 4.20. The minimum atomic E-state index is 0.0133. The van der Waals surface area contributed by atoms with E-state index in [-0.39, 0.29) is 5.49 Å². The fourth-order valence-corrected chi connectivity index (χ4v) is 0.620. The molecule has 0 aliphatic rings. The second kappa shape index (κ2) is 2.11. The van der Waals surface area contributed by atoms with Gasteiger partial charge in [0.05, 0.1) is 11.2 Å². The summed E-state index contributed by atoms with van der Waals surface area (Å²) in [6.45, 7) is 0. The zero-order chi connectivity index (χ0) is 6.85. The van der Waals surface area contributed by atoms with Gasteiger partial charge in [-0.25, -0.2) is 0 Å². The van der Waals surface area contributed by atoms with E-state index < -0.39 is 0 Å². The van der Waals surface area contributed by atoms with Gasteiger partial charge in [0.2, 0.25) is 0 Å². The van der Waals surface area contributed by atoms with Crippen LogP contribution < -0.4 is 5.49 Å². The molecule has 48 valence electrons. The molecule has 0 aromatic carbocycles. The molecule has 9 heavy (non-hydrogen) atoms. The third kappa shape index (κ3) is 1.23. The largest absolute Gasteiger partial charge is 0.427 e. The molecule has 0 amide bonds. The van der Waals surface area contributed by atoms with E-state index in [2.05, 4.69) is 0 Å². The predicted molar refractivity (Wildman–Crippen MR) is 32.5 cm³/mol. The molecule has 0 atom stereocenters. The summed E-state index contributed by atoms with van der Waals surface area (Å²) in [4.78, 5) is 0. The summed E-state index contributed by atoms with van der Waals surface area (Å²) in [6, 6.07) is 2.94. The number of nitrogens with zero attached hydrogens (tertiary/aromatic N) is 1. The standard InChI is InChI=1S/C5H5ClN2O/c6-4-1-2-5(7)8(9)3-4/h1-3,7,9H. The third-order valence-electron chi connectivity index (χ3n) is 0.893. The zero-order valence-corrected chi connectivity index (χ0v) is 5.26.